The van der Waals surface area contributed by atoms with Gasteiger partial charge in [-0.25, -0.2) is 0 Å². The lowest BCUT2D eigenvalue weighted by Gasteiger charge is -2.16. The zero-order valence-electron chi connectivity index (χ0n) is 11.0. The molecule has 1 unspecified atom stereocenters. The van der Waals surface area contributed by atoms with Gasteiger partial charge in [-0.2, -0.15) is 8.78 Å². The molecule has 0 heterocycles. The summed E-state index contributed by atoms with van der Waals surface area (Å²) in [5.41, 5.74) is 0.725. The van der Waals surface area contributed by atoms with E-state index in [9.17, 15) is 8.78 Å². The minimum absolute atomic E-state index is 0.124. The van der Waals surface area contributed by atoms with Gasteiger partial charge in [0.05, 0.1) is 0 Å². The molecule has 6 heteroatoms. The zero-order valence-corrected chi connectivity index (χ0v) is 11.8. The molecule has 0 radical (unpaired) electrons. The largest absolute Gasteiger partial charge is 0.435 e. The van der Waals surface area contributed by atoms with Crippen molar-refractivity contribution in [2.45, 2.75) is 39.3 Å². The van der Waals surface area contributed by atoms with Gasteiger partial charge < -0.3 is 15.4 Å². The van der Waals surface area contributed by atoms with E-state index < -0.39 is 6.61 Å². The first-order chi connectivity index (χ1) is 9.01. The number of nitrogens with one attached hydrogen (secondary N) is 2. The van der Waals surface area contributed by atoms with E-state index in [-0.39, 0.29) is 5.75 Å². The summed E-state index contributed by atoms with van der Waals surface area (Å²) in [6.45, 7) is 1.35. The van der Waals surface area contributed by atoms with Crippen molar-refractivity contribution in [3.05, 3.63) is 24.3 Å². The molecule has 0 saturated carbocycles. The lowest BCUT2D eigenvalue weighted by molar-refractivity contribution is -0.0498. The summed E-state index contributed by atoms with van der Waals surface area (Å²) in [6, 6.07) is 6.50. The van der Waals surface area contributed by atoms with Crippen LogP contribution in [0.3, 0.4) is 0 Å². The highest BCUT2D eigenvalue weighted by molar-refractivity contribution is 7.80. The number of hydrogen-bond donors (Lipinski definition) is 2. The second kappa shape index (κ2) is 7.89. The molecule has 0 aliphatic carbocycles. The molecule has 106 valence electrons. The Bertz CT molecular complexity index is 398. The Balaban J connectivity index is 2.46. The number of anilines is 1. The molecule has 0 spiro atoms. The third-order valence-corrected chi connectivity index (χ3v) is 2.66. The van der Waals surface area contributed by atoms with Gasteiger partial charge in [0.25, 0.3) is 0 Å². The van der Waals surface area contributed by atoms with Gasteiger partial charge in [-0.05, 0) is 49.8 Å². The molecule has 3 nitrogen and oxygen atoms in total. The molecule has 0 aliphatic heterocycles. The lowest BCUT2D eigenvalue weighted by Crippen LogP contribution is -2.35. The Morgan fingerprint density at radius 2 is 1.95 bits per heavy atom. The molecular weight excluding hydrogens is 270 g/mol. The smallest absolute Gasteiger partial charge is 0.387 e. The van der Waals surface area contributed by atoms with Crippen LogP contribution in [0.5, 0.6) is 5.75 Å². The highest BCUT2D eigenvalue weighted by Crippen LogP contribution is 2.17. The molecule has 1 aromatic rings. The van der Waals surface area contributed by atoms with Crippen LogP contribution in [0.1, 0.15) is 26.7 Å². The van der Waals surface area contributed by atoms with E-state index in [1.54, 1.807) is 12.1 Å². The highest BCUT2D eigenvalue weighted by atomic mass is 32.1. The van der Waals surface area contributed by atoms with E-state index in [1.807, 2.05) is 0 Å². The molecule has 0 bridgehead atoms. The summed E-state index contributed by atoms with van der Waals surface area (Å²) in [4.78, 5) is 0. The predicted molar refractivity (Wildman–Crippen MR) is 76.8 cm³/mol. The van der Waals surface area contributed by atoms with Crippen molar-refractivity contribution in [3.63, 3.8) is 0 Å². The van der Waals surface area contributed by atoms with Crippen LogP contribution >= 0.6 is 12.2 Å². The standard InChI is InChI=1S/C13H18F2N2OS/c1-3-4-9(2)16-13(19)17-10-5-7-11(8-6-10)18-12(14)15/h5-9,12H,3-4H2,1-2H3,(H2,16,17,19). The molecule has 0 saturated heterocycles. The van der Waals surface area contributed by atoms with E-state index in [0.717, 1.165) is 18.5 Å². The van der Waals surface area contributed by atoms with Crippen LogP contribution in [0.15, 0.2) is 24.3 Å². The van der Waals surface area contributed by atoms with Gasteiger partial charge in [0, 0.05) is 11.7 Å². The van der Waals surface area contributed by atoms with Crippen molar-refractivity contribution in [2.75, 3.05) is 5.32 Å². The molecule has 1 aromatic carbocycles. The van der Waals surface area contributed by atoms with Crippen molar-refractivity contribution < 1.29 is 13.5 Å². The fraction of sp³-hybridized carbons (Fsp3) is 0.462. The molecule has 0 aliphatic rings. The fourth-order valence-corrected chi connectivity index (χ4v) is 1.93. The van der Waals surface area contributed by atoms with Crippen LogP contribution in [-0.4, -0.2) is 17.8 Å². The fourth-order valence-electron chi connectivity index (χ4n) is 1.62. The molecule has 1 rings (SSSR count). The number of benzene rings is 1. The Labute approximate surface area is 117 Å². The normalized spacial score (nSPS) is 12.1. The highest BCUT2D eigenvalue weighted by Gasteiger charge is 2.05. The van der Waals surface area contributed by atoms with E-state index in [2.05, 4.69) is 29.2 Å². The average molecular weight is 288 g/mol. The summed E-state index contributed by atoms with van der Waals surface area (Å²) >= 11 is 5.16. The van der Waals surface area contributed by atoms with Crippen molar-refractivity contribution in [1.29, 1.82) is 0 Å². The SMILES string of the molecule is CCCC(C)NC(=S)Nc1ccc(OC(F)F)cc1. The summed E-state index contributed by atoms with van der Waals surface area (Å²) in [7, 11) is 0. The van der Waals surface area contributed by atoms with Gasteiger partial charge in [0.15, 0.2) is 5.11 Å². The number of ether oxygens (including phenoxy) is 1. The minimum atomic E-state index is -2.81. The third kappa shape index (κ3) is 6.33. The molecule has 0 amide bonds. The molecule has 19 heavy (non-hydrogen) atoms. The van der Waals surface area contributed by atoms with Gasteiger partial charge in [0.2, 0.25) is 0 Å². The monoisotopic (exact) mass is 288 g/mol. The van der Waals surface area contributed by atoms with Crippen LogP contribution in [0.2, 0.25) is 0 Å². The third-order valence-electron chi connectivity index (χ3n) is 2.44. The van der Waals surface area contributed by atoms with Crippen molar-refractivity contribution in [3.8, 4) is 5.75 Å². The van der Waals surface area contributed by atoms with E-state index in [0.29, 0.717) is 11.2 Å². The lowest BCUT2D eigenvalue weighted by atomic mass is 10.2. The average Bonchev–Trinajstić information content (AvgIpc) is 2.31. The van der Waals surface area contributed by atoms with Gasteiger partial charge in [0.1, 0.15) is 5.75 Å². The summed E-state index contributed by atoms with van der Waals surface area (Å²) in [5, 5.41) is 6.65. The zero-order chi connectivity index (χ0) is 14.3. The maximum absolute atomic E-state index is 12.0. The van der Waals surface area contributed by atoms with Crippen molar-refractivity contribution in [2.24, 2.45) is 0 Å². The van der Waals surface area contributed by atoms with Gasteiger partial charge in [-0.1, -0.05) is 13.3 Å². The molecule has 0 aromatic heterocycles. The Kier molecular flexibility index (Phi) is 6.49. The van der Waals surface area contributed by atoms with Crippen LogP contribution in [0.4, 0.5) is 14.5 Å². The van der Waals surface area contributed by atoms with Crippen molar-refractivity contribution >= 4 is 23.0 Å². The molecule has 0 fully saturated rings. The molecular formula is C13H18F2N2OS. The van der Waals surface area contributed by atoms with Crippen LogP contribution in [0.25, 0.3) is 0 Å². The van der Waals surface area contributed by atoms with Gasteiger partial charge >= 0.3 is 6.61 Å². The summed E-state index contributed by atoms with van der Waals surface area (Å²) < 4.78 is 28.2. The van der Waals surface area contributed by atoms with Crippen LogP contribution in [0, 0.1) is 0 Å². The van der Waals surface area contributed by atoms with E-state index in [1.165, 1.54) is 12.1 Å². The number of thiocarbonyl (C=S) groups is 1. The Hall–Kier alpha value is -1.43. The van der Waals surface area contributed by atoms with Gasteiger partial charge in [-0.15, -0.1) is 0 Å². The number of alkyl halides is 2. The number of rotatable bonds is 6. The molecule has 2 N–H and O–H groups in total. The van der Waals surface area contributed by atoms with Gasteiger partial charge in [-0.3, -0.25) is 0 Å². The van der Waals surface area contributed by atoms with E-state index in [4.69, 9.17) is 12.2 Å². The predicted octanol–water partition coefficient (Wildman–Crippen LogP) is 3.76. The maximum Gasteiger partial charge on any atom is 0.387 e. The first-order valence-corrected chi connectivity index (χ1v) is 6.54. The Morgan fingerprint density at radius 1 is 1.32 bits per heavy atom. The first kappa shape index (κ1) is 15.6. The maximum atomic E-state index is 12.0. The summed E-state index contributed by atoms with van der Waals surface area (Å²) in [6.07, 6.45) is 2.11. The first-order valence-electron chi connectivity index (χ1n) is 6.13. The van der Waals surface area contributed by atoms with E-state index >= 15 is 0 Å². The second-order valence-electron chi connectivity index (χ2n) is 4.19. The summed E-state index contributed by atoms with van der Waals surface area (Å²) in [5.74, 6) is 0.124. The second-order valence-corrected chi connectivity index (χ2v) is 4.60. The number of hydrogen-bond acceptors (Lipinski definition) is 2. The topological polar surface area (TPSA) is 33.3 Å². The Morgan fingerprint density at radius 3 is 2.47 bits per heavy atom. The molecule has 1 atom stereocenters. The number of halogens is 2. The van der Waals surface area contributed by atoms with Crippen LogP contribution in [-0.2, 0) is 0 Å². The van der Waals surface area contributed by atoms with Crippen LogP contribution < -0.4 is 15.4 Å². The minimum Gasteiger partial charge on any atom is -0.435 e. The quantitative estimate of drug-likeness (QED) is 0.781. The van der Waals surface area contributed by atoms with Crippen molar-refractivity contribution in [1.82, 2.24) is 5.32 Å².